The Bertz CT molecular complexity index is 1390. The van der Waals surface area contributed by atoms with Gasteiger partial charge in [-0.1, -0.05) is 216 Å². The third-order valence-corrected chi connectivity index (χ3v) is 12.7. The van der Waals surface area contributed by atoms with E-state index in [1.807, 2.05) is 42.5 Å². The summed E-state index contributed by atoms with van der Waals surface area (Å²) in [6, 6.07) is -1.04. The fourth-order valence-corrected chi connectivity index (χ4v) is 8.24. The molecule has 8 unspecified atom stereocenters. The first-order valence-corrected chi connectivity index (χ1v) is 27.8. The second-order valence-corrected chi connectivity index (χ2v) is 19.0. The first-order valence-electron chi connectivity index (χ1n) is 27.8. The second-order valence-electron chi connectivity index (χ2n) is 19.0. The van der Waals surface area contributed by atoms with Crippen molar-refractivity contribution in [2.45, 2.75) is 269 Å². The molecule has 8 atom stereocenters. The molecular weight excluding hydrogens is 871 g/mol. The van der Waals surface area contributed by atoms with Crippen molar-refractivity contribution in [2.24, 2.45) is 0 Å². The fourth-order valence-electron chi connectivity index (χ4n) is 8.24. The molecule has 0 radical (unpaired) electrons. The second kappa shape index (κ2) is 46.2. The highest BCUT2D eigenvalue weighted by atomic mass is 16.7. The first kappa shape index (κ1) is 64.1. The molecule has 0 spiro atoms. The van der Waals surface area contributed by atoms with Crippen LogP contribution >= 0.6 is 0 Å². The molecule has 11 nitrogen and oxygen atoms in total. The van der Waals surface area contributed by atoms with Gasteiger partial charge in [0, 0.05) is 6.42 Å². The molecule has 1 fully saturated rings. The Labute approximate surface area is 420 Å². The molecule has 398 valence electrons. The Morgan fingerprint density at radius 2 is 1.06 bits per heavy atom. The molecule has 1 amide bonds. The smallest absolute Gasteiger partial charge is 0.306 e. The normalized spacial score (nSPS) is 20.4. The van der Waals surface area contributed by atoms with E-state index in [1.165, 1.54) is 96.3 Å². The number of rotatable bonds is 45. The monoisotopic (exact) mass is 972 g/mol. The zero-order chi connectivity index (χ0) is 50.4. The Morgan fingerprint density at radius 3 is 1.61 bits per heavy atom. The van der Waals surface area contributed by atoms with E-state index in [0.717, 1.165) is 77.0 Å². The summed E-state index contributed by atoms with van der Waals surface area (Å²) >= 11 is 0. The number of unbranched alkanes of at least 4 members (excludes halogenated alkanes) is 24. The van der Waals surface area contributed by atoms with Crippen molar-refractivity contribution in [2.75, 3.05) is 13.2 Å². The van der Waals surface area contributed by atoms with Gasteiger partial charge in [-0.25, -0.2) is 0 Å². The number of aliphatic hydroxyl groups excluding tert-OH is 5. The van der Waals surface area contributed by atoms with Crippen molar-refractivity contribution in [3.63, 3.8) is 0 Å². The maximum atomic E-state index is 13.3. The first-order chi connectivity index (χ1) is 33.7. The van der Waals surface area contributed by atoms with Crippen LogP contribution < -0.4 is 5.32 Å². The Morgan fingerprint density at radius 1 is 0.580 bits per heavy atom. The third-order valence-electron chi connectivity index (χ3n) is 12.7. The summed E-state index contributed by atoms with van der Waals surface area (Å²) in [5, 5.41) is 56.7. The van der Waals surface area contributed by atoms with E-state index in [9.17, 15) is 35.1 Å². The highest BCUT2D eigenvalue weighted by molar-refractivity contribution is 5.80. The van der Waals surface area contributed by atoms with E-state index < -0.39 is 67.4 Å². The fraction of sp³-hybridized carbons (Fsp3) is 0.759. The van der Waals surface area contributed by atoms with Crippen LogP contribution in [0.3, 0.4) is 0 Å². The molecule has 0 aliphatic carbocycles. The van der Waals surface area contributed by atoms with Crippen LogP contribution in [0.4, 0.5) is 0 Å². The van der Waals surface area contributed by atoms with E-state index in [2.05, 4.69) is 50.4 Å². The number of esters is 1. The van der Waals surface area contributed by atoms with Gasteiger partial charge in [0.2, 0.25) is 5.91 Å². The van der Waals surface area contributed by atoms with Crippen LogP contribution in [-0.2, 0) is 23.8 Å². The topological polar surface area (TPSA) is 175 Å². The average molecular weight is 972 g/mol. The minimum Gasteiger partial charge on any atom is -0.454 e. The van der Waals surface area contributed by atoms with E-state index in [4.69, 9.17) is 14.2 Å². The van der Waals surface area contributed by atoms with Gasteiger partial charge < -0.3 is 45.1 Å². The van der Waals surface area contributed by atoms with Crippen LogP contribution in [0, 0.1) is 0 Å². The van der Waals surface area contributed by atoms with Gasteiger partial charge in [-0.2, -0.15) is 0 Å². The number of amides is 1. The number of hydrogen-bond donors (Lipinski definition) is 6. The Balaban J connectivity index is 2.79. The van der Waals surface area contributed by atoms with Crippen LogP contribution in [-0.4, -0.2) is 99.6 Å². The summed E-state index contributed by atoms with van der Waals surface area (Å²) in [6.45, 7) is 5.59. The van der Waals surface area contributed by atoms with Crippen molar-refractivity contribution < 1.29 is 49.3 Å². The molecule has 1 rings (SSSR count). The van der Waals surface area contributed by atoms with Crippen LogP contribution in [0.15, 0.2) is 72.9 Å². The number of nitrogens with one attached hydrogen (secondary N) is 1. The van der Waals surface area contributed by atoms with Crippen LogP contribution in [0.25, 0.3) is 0 Å². The van der Waals surface area contributed by atoms with Gasteiger partial charge in [-0.15, -0.1) is 0 Å². The van der Waals surface area contributed by atoms with Crippen molar-refractivity contribution in [1.82, 2.24) is 5.32 Å². The summed E-state index contributed by atoms with van der Waals surface area (Å²) in [5.41, 5.74) is 0. The number of hydrogen-bond acceptors (Lipinski definition) is 10. The summed E-state index contributed by atoms with van der Waals surface area (Å²) in [7, 11) is 0. The number of aliphatic hydroxyl groups is 5. The maximum Gasteiger partial charge on any atom is 0.306 e. The Kier molecular flexibility index (Phi) is 42.9. The van der Waals surface area contributed by atoms with Gasteiger partial charge in [0.25, 0.3) is 0 Å². The van der Waals surface area contributed by atoms with Gasteiger partial charge in [0.1, 0.15) is 24.4 Å². The molecule has 1 aliphatic rings. The molecule has 1 heterocycles. The van der Waals surface area contributed by atoms with Crippen LogP contribution in [0.2, 0.25) is 0 Å². The van der Waals surface area contributed by atoms with Crippen LogP contribution in [0.5, 0.6) is 0 Å². The van der Waals surface area contributed by atoms with Gasteiger partial charge in [0.05, 0.1) is 25.4 Å². The Hall–Kier alpha value is -2.90. The minimum atomic E-state index is -1.63. The summed E-state index contributed by atoms with van der Waals surface area (Å²) in [6.07, 6.45) is 46.6. The van der Waals surface area contributed by atoms with Crippen LogP contribution in [0.1, 0.15) is 220 Å². The molecule has 0 aromatic rings. The lowest BCUT2D eigenvalue weighted by Gasteiger charge is -2.41. The lowest BCUT2D eigenvalue weighted by atomic mass is 9.99. The van der Waals surface area contributed by atoms with E-state index in [-0.39, 0.29) is 19.4 Å². The molecule has 0 bridgehead atoms. The number of ether oxygens (including phenoxy) is 3. The molecule has 0 aromatic carbocycles. The molecule has 1 saturated heterocycles. The SMILES string of the molecule is CC/C=C/C=C/C=C/C=C\CCCCCCCC(=O)OC1C(OCC(NC(=O)C(O)CCCC/C=C\CCCCCCCC)C(O)/C=C/CCCCCCCCCCCCC)OC(CO)C(O)C1O. The summed E-state index contributed by atoms with van der Waals surface area (Å²) < 4.78 is 17.5. The molecule has 0 saturated carbocycles. The van der Waals surface area contributed by atoms with Crippen molar-refractivity contribution in [1.29, 1.82) is 0 Å². The number of carbonyl (C=O) groups is 2. The highest BCUT2D eigenvalue weighted by Crippen LogP contribution is 2.26. The standard InChI is InChI=1S/C58H101NO10/c1-4-7-10-13-16-19-22-25-26-28-31-34-37-40-43-46-53(63)69-56-55(65)54(64)52(47-60)68-58(56)67-48-49(50(61)44-41-38-35-32-30-27-23-20-17-14-11-8-5-2)59-57(66)51(62)45-42-39-36-33-29-24-21-18-15-12-9-6-3/h7,10,13,16,19,22,25-26,29,33,41,44,49-52,54-56,58,60-62,64-65H,4-6,8-9,11-12,14-15,17-18,20-21,23-24,27-28,30-32,34-40,42-43,45-48H2,1-3H3,(H,59,66)/b10-7+,16-13+,22-19+,26-25-,33-29-,44-41+. The molecule has 0 aromatic heterocycles. The highest BCUT2D eigenvalue weighted by Gasteiger charge is 2.47. The predicted octanol–water partition coefficient (Wildman–Crippen LogP) is 12.1. The van der Waals surface area contributed by atoms with E-state index in [1.54, 1.807) is 6.08 Å². The third kappa shape index (κ3) is 35.0. The molecule has 6 N–H and O–H groups in total. The zero-order valence-electron chi connectivity index (χ0n) is 43.7. The molecule has 11 heteroatoms. The lowest BCUT2D eigenvalue weighted by Crippen LogP contribution is -2.61. The average Bonchev–Trinajstić information content (AvgIpc) is 3.34. The largest absolute Gasteiger partial charge is 0.454 e. The zero-order valence-corrected chi connectivity index (χ0v) is 43.7. The minimum absolute atomic E-state index is 0.0931. The van der Waals surface area contributed by atoms with Crippen molar-refractivity contribution in [3.05, 3.63) is 72.9 Å². The quantitative estimate of drug-likeness (QED) is 0.0149. The summed E-state index contributed by atoms with van der Waals surface area (Å²) in [5.74, 6) is -1.24. The molecular formula is C58H101NO10. The number of allylic oxidation sites excluding steroid dienone is 11. The summed E-state index contributed by atoms with van der Waals surface area (Å²) in [4.78, 5) is 26.4. The number of carbonyl (C=O) groups excluding carboxylic acids is 2. The van der Waals surface area contributed by atoms with E-state index in [0.29, 0.717) is 12.8 Å². The predicted molar refractivity (Wildman–Crippen MR) is 283 cm³/mol. The van der Waals surface area contributed by atoms with Gasteiger partial charge in [-0.05, 0) is 70.6 Å². The maximum absolute atomic E-state index is 13.3. The molecule has 1 aliphatic heterocycles. The van der Waals surface area contributed by atoms with Crippen molar-refractivity contribution >= 4 is 11.9 Å². The van der Waals surface area contributed by atoms with Gasteiger partial charge in [0.15, 0.2) is 12.4 Å². The van der Waals surface area contributed by atoms with Crippen molar-refractivity contribution in [3.8, 4) is 0 Å². The van der Waals surface area contributed by atoms with E-state index >= 15 is 0 Å². The van der Waals surface area contributed by atoms with Gasteiger partial charge in [-0.3, -0.25) is 9.59 Å². The van der Waals surface area contributed by atoms with Gasteiger partial charge >= 0.3 is 5.97 Å². The lowest BCUT2D eigenvalue weighted by molar-refractivity contribution is -0.305. The molecule has 69 heavy (non-hydrogen) atoms.